The standard InChI is InChI=1S/C20H25N3O.C5H12/c1-4-16-13-23(14-17(16)5-2)20(24)18-10-15(3)11-19(12-18)22-8-6-21-7-9-22;1-3-5-4-2/h4-5,10-12,21H,1-2,6-9,13-14H2,3H3;3-5H2,1-2H3. The summed E-state index contributed by atoms with van der Waals surface area (Å²) in [6.45, 7) is 19.3. The van der Waals surface area contributed by atoms with E-state index in [4.69, 9.17) is 0 Å². The molecule has 0 unspecified atom stereocenters. The first kappa shape index (κ1) is 23.0. The predicted octanol–water partition coefficient (Wildman–Crippen LogP) is 4.73. The van der Waals surface area contributed by atoms with Crippen LogP contribution in [0.15, 0.2) is 54.7 Å². The Bertz CT molecular complexity index is 722. The Morgan fingerprint density at radius 3 is 2.10 bits per heavy atom. The van der Waals surface area contributed by atoms with E-state index in [1.54, 1.807) is 0 Å². The van der Waals surface area contributed by atoms with Crippen molar-refractivity contribution in [2.45, 2.75) is 40.0 Å². The fraction of sp³-hybridized carbons (Fsp3) is 0.480. The molecule has 2 heterocycles. The summed E-state index contributed by atoms with van der Waals surface area (Å²) in [5.41, 5.74) is 5.20. The first-order valence-electron chi connectivity index (χ1n) is 10.9. The van der Waals surface area contributed by atoms with Gasteiger partial charge in [-0.25, -0.2) is 0 Å². The largest absolute Gasteiger partial charge is 0.369 e. The van der Waals surface area contributed by atoms with Crippen LogP contribution < -0.4 is 10.2 Å². The van der Waals surface area contributed by atoms with E-state index in [2.05, 4.69) is 50.2 Å². The van der Waals surface area contributed by atoms with E-state index in [0.29, 0.717) is 13.1 Å². The maximum absolute atomic E-state index is 13.0. The fourth-order valence-corrected chi connectivity index (χ4v) is 3.73. The van der Waals surface area contributed by atoms with Gasteiger partial charge >= 0.3 is 0 Å². The second-order valence-electron chi connectivity index (χ2n) is 7.77. The van der Waals surface area contributed by atoms with Crippen LogP contribution in [0, 0.1) is 6.92 Å². The van der Waals surface area contributed by atoms with Crippen LogP contribution in [0.1, 0.15) is 49.0 Å². The number of piperazine rings is 1. The summed E-state index contributed by atoms with van der Waals surface area (Å²) in [6, 6.07) is 6.17. The maximum Gasteiger partial charge on any atom is 0.254 e. The molecule has 1 amide bonds. The molecule has 0 bridgehead atoms. The van der Waals surface area contributed by atoms with Crippen LogP contribution in [-0.4, -0.2) is 50.1 Å². The maximum atomic E-state index is 13.0. The molecule has 0 radical (unpaired) electrons. The van der Waals surface area contributed by atoms with E-state index in [9.17, 15) is 4.79 Å². The highest BCUT2D eigenvalue weighted by atomic mass is 16.2. The number of aryl methyl sites for hydroxylation is 1. The van der Waals surface area contributed by atoms with Gasteiger partial charge in [-0.1, -0.05) is 58.4 Å². The number of unbranched alkanes of at least 4 members (excludes halogenated alkanes) is 2. The second kappa shape index (κ2) is 11.6. The lowest BCUT2D eigenvalue weighted by Crippen LogP contribution is -2.43. The van der Waals surface area contributed by atoms with Crippen molar-refractivity contribution in [3.63, 3.8) is 0 Å². The Balaban J connectivity index is 0.000000537. The number of carbonyl (C=O) groups excluding carboxylic acids is 1. The first-order chi connectivity index (χ1) is 14.0. The van der Waals surface area contributed by atoms with Crippen LogP contribution in [0.2, 0.25) is 0 Å². The topological polar surface area (TPSA) is 35.6 Å². The molecule has 29 heavy (non-hydrogen) atoms. The van der Waals surface area contributed by atoms with Crippen molar-refractivity contribution >= 4 is 11.6 Å². The molecule has 1 N–H and O–H groups in total. The third-order valence-corrected chi connectivity index (χ3v) is 5.41. The molecular formula is C25H37N3O. The second-order valence-corrected chi connectivity index (χ2v) is 7.77. The Labute approximate surface area is 177 Å². The number of amides is 1. The molecule has 0 aromatic heterocycles. The molecule has 4 heteroatoms. The van der Waals surface area contributed by atoms with Gasteiger partial charge in [0, 0.05) is 50.5 Å². The van der Waals surface area contributed by atoms with Gasteiger partial charge in [-0.05, 0) is 41.8 Å². The Morgan fingerprint density at radius 1 is 1.03 bits per heavy atom. The van der Waals surface area contributed by atoms with E-state index in [-0.39, 0.29) is 5.91 Å². The van der Waals surface area contributed by atoms with Crippen LogP contribution in [0.25, 0.3) is 0 Å². The number of hydrogen-bond acceptors (Lipinski definition) is 3. The van der Waals surface area contributed by atoms with Gasteiger partial charge in [-0.3, -0.25) is 4.79 Å². The third kappa shape index (κ3) is 6.33. The number of nitrogens with zero attached hydrogens (tertiary/aromatic N) is 2. The predicted molar refractivity (Wildman–Crippen MR) is 125 cm³/mol. The molecule has 0 aliphatic carbocycles. The lowest BCUT2D eigenvalue weighted by Gasteiger charge is -2.30. The molecule has 158 valence electrons. The van der Waals surface area contributed by atoms with Crippen molar-refractivity contribution in [1.82, 2.24) is 10.2 Å². The molecule has 3 rings (SSSR count). The minimum absolute atomic E-state index is 0.0753. The van der Waals surface area contributed by atoms with Gasteiger partial charge in [-0.15, -0.1) is 0 Å². The van der Waals surface area contributed by atoms with Gasteiger partial charge in [-0.2, -0.15) is 0 Å². The average Bonchev–Trinajstić information content (AvgIpc) is 3.18. The van der Waals surface area contributed by atoms with Crippen molar-refractivity contribution in [1.29, 1.82) is 0 Å². The minimum Gasteiger partial charge on any atom is -0.369 e. The average molecular weight is 396 g/mol. The molecule has 0 saturated carbocycles. The molecule has 2 aliphatic heterocycles. The summed E-state index contributed by atoms with van der Waals surface area (Å²) < 4.78 is 0. The number of benzene rings is 1. The smallest absolute Gasteiger partial charge is 0.254 e. The van der Waals surface area contributed by atoms with Crippen molar-refractivity contribution in [2.24, 2.45) is 0 Å². The molecular weight excluding hydrogens is 358 g/mol. The zero-order valence-electron chi connectivity index (χ0n) is 18.5. The van der Waals surface area contributed by atoms with Crippen molar-refractivity contribution in [2.75, 3.05) is 44.2 Å². The van der Waals surface area contributed by atoms with E-state index < -0.39 is 0 Å². The number of nitrogens with one attached hydrogen (secondary N) is 1. The summed E-state index contributed by atoms with van der Waals surface area (Å²) in [5, 5.41) is 3.36. The van der Waals surface area contributed by atoms with Crippen molar-refractivity contribution in [3.8, 4) is 0 Å². The SMILES string of the molecule is C=CC1=C(C=C)CN(C(=O)c2cc(C)cc(N3CCNCC3)c2)C1.CCCCC. The number of anilines is 1. The lowest BCUT2D eigenvalue weighted by atomic mass is 10.1. The van der Waals surface area contributed by atoms with Crippen LogP contribution in [0.5, 0.6) is 0 Å². The summed E-state index contributed by atoms with van der Waals surface area (Å²) in [5.74, 6) is 0.0753. The van der Waals surface area contributed by atoms with Crippen molar-refractivity contribution in [3.05, 3.63) is 65.8 Å². The quantitative estimate of drug-likeness (QED) is 0.757. The normalized spacial score (nSPS) is 16.4. The number of rotatable bonds is 6. The zero-order valence-corrected chi connectivity index (χ0v) is 18.5. The zero-order chi connectivity index (χ0) is 21.2. The summed E-state index contributed by atoms with van der Waals surface area (Å²) >= 11 is 0. The van der Waals surface area contributed by atoms with E-state index in [0.717, 1.165) is 54.1 Å². The molecule has 0 spiro atoms. The molecule has 2 aliphatic rings. The van der Waals surface area contributed by atoms with Crippen LogP contribution in [0.4, 0.5) is 5.69 Å². The van der Waals surface area contributed by atoms with Gasteiger partial charge in [0.2, 0.25) is 0 Å². The van der Waals surface area contributed by atoms with E-state index in [1.165, 1.54) is 19.3 Å². The molecule has 1 aromatic carbocycles. The van der Waals surface area contributed by atoms with Gasteiger partial charge in [0.05, 0.1) is 0 Å². The summed E-state index contributed by atoms with van der Waals surface area (Å²) in [7, 11) is 0. The molecule has 1 fully saturated rings. The molecule has 1 saturated heterocycles. The van der Waals surface area contributed by atoms with Crippen LogP contribution in [-0.2, 0) is 0 Å². The molecule has 0 atom stereocenters. The molecule has 1 aromatic rings. The van der Waals surface area contributed by atoms with Gasteiger partial charge in [0.15, 0.2) is 0 Å². The van der Waals surface area contributed by atoms with Crippen LogP contribution >= 0.6 is 0 Å². The Kier molecular flexibility index (Phi) is 9.20. The van der Waals surface area contributed by atoms with Gasteiger partial charge < -0.3 is 15.1 Å². The van der Waals surface area contributed by atoms with Crippen molar-refractivity contribution < 1.29 is 4.79 Å². The lowest BCUT2D eigenvalue weighted by molar-refractivity contribution is 0.0797. The first-order valence-corrected chi connectivity index (χ1v) is 10.9. The van der Waals surface area contributed by atoms with Gasteiger partial charge in [0.1, 0.15) is 0 Å². The highest BCUT2D eigenvalue weighted by Crippen LogP contribution is 2.24. The van der Waals surface area contributed by atoms with E-state index in [1.807, 2.05) is 29.2 Å². The monoisotopic (exact) mass is 395 g/mol. The fourth-order valence-electron chi connectivity index (χ4n) is 3.73. The number of carbonyl (C=O) groups is 1. The highest BCUT2D eigenvalue weighted by Gasteiger charge is 2.24. The third-order valence-electron chi connectivity index (χ3n) is 5.41. The summed E-state index contributed by atoms with van der Waals surface area (Å²) in [6.07, 6.45) is 7.73. The molecule has 4 nitrogen and oxygen atoms in total. The van der Waals surface area contributed by atoms with E-state index >= 15 is 0 Å². The van der Waals surface area contributed by atoms with Crippen LogP contribution in [0.3, 0.4) is 0 Å². The Hall–Kier alpha value is -2.33. The number of hydrogen-bond donors (Lipinski definition) is 1. The minimum atomic E-state index is 0.0753. The Morgan fingerprint density at radius 2 is 1.62 bits per heavy atom. The van der Waals surface area contributed by atoms with Gasteiger partial charge in [0.25, 0.3) is 5.91 Å². The highest BCUT2D eigenvalue weighted by molar-refractivity contribution is 5.96. The summed E-state index contributed by atoms with van der Waals surface area (Å²) in [4.78, 5) is 17.2.